The number of hydrogen-bond acceptors (Lipinski definition) is 4. The third kappa shape index (κ3) is 2.75. The molecule has 3 aliphatic heterocycles. The Kier molecular flexibility index (Phi) is 4.38. The van der Waals surface area contributed by atoms with Gasteiger partial charge in [0.1, 0.15) is 0 Å². The fourth-order valence-corrected chi connectivity index (χ4v) is 3.63. The summed E-state index contributed by atoms with van der Waals surface area (Å²) in [7, 11) is 0. The number of hydroxylamine groups is 2. The maximum atomic E-state index is 12.6. The van der Waals surface area contributed by atoms with Crippen molar-refractivity contribution in [3.8, 4) is 0 Å². The fraction of sp³-hybridized carbons (Fsp3) is 0.800. The van der Waals surface area contributed by atoms with E-state index in [2.05, 4.69) is 11.5 Å². The number of fused-ring (bicyclic) bond motifs is 1. The van der Waals surface area contributed by atoms with E-state index in [0.717, 1.165) is 45.6 Å². The van der Waals surface area contributed by atoms with Gasteiger partial charge in [-0.2, -0.15) is 0 Å². The van der Waals surface area contributed by atoms with Crippen LogP contribution in [0.5, 0.6) is 0 Å². The van der Waals surface area contributed by atoms with Crippen molar-refractivity contribution in [3.05, 3.63) is 12.7 Å². The van der Waals surface area contributed by atoms with Crippen molar-refractivity contribution in [1.82, 2.24) is 9.96 Å². The highest BCUT2D eigenvalue weighted by molar-refractivity contribution is 5.78. The van der Waals surface area contributed by atoms with E-state index >= 15 is 0 Å². The van der Waals surface area contributed by atoms with E-state index in [9.17, 15) is 4.79 Å². The van der Waals surface area contributed by atoms with Gasteiger partial charge in [-0.1, -0.05) is 6.08 Å². The summed E-state index contributed by atoms with van der Waals surface area (Å²) in [6, 6.07) is 0. The van der Waals surface area contributed by atoms with E-state index in [4.69, 9.17) is 9.57 Å². The summed E-state index contributed by atoms with van der Waals surface area (Å²) in [6.07, 6.45) is 4.02. The molecule has 5 heteroatoms. The number of hydrogen-bond donors (Lipinski definition) is 0. The Morgan fingerprint density at radius 1 is 1.30 bits per heavy atom. The van der Waals surface area contributed by atoms with Crippen molar-refractivity contribution in [2.45, 2.75) is 12.8 Å². The Hall–Kier alpha value is -0.910. The first-order valence-corrected chi connectivity index (χ1v) is 7.65. The van der Waals surface area contributed by atoms with E-state index in [1.54, 1.807) is 5.06 Å². The van der Waals surface area contributed by atoms with Crippen molar-refractivity contribution in [3.63, 3.8) is 0 Å². The summed E-state index contributed by atoms with van der Waals surface area (Å²) < 4.78 is 5.68. The van der Waals surface area contributed by atoms with Gasteiger partial charge in [-0.3, -0.25) is 14.5 Å². The zero-order valence-corrected chi connectivity index (χ0v) is 12.0. The second-order valence-electron chi connectivity index (χ2n) is 6.06. The Balaban J connectivity index is 1.66. The van der Waals surface area contributed by atoms with Gasteiger partial charge in [-0.25, -0.2) is 5.06 Å². The van der Waals surface area contributed by atoms with Crippen LogP contribution < -0.4 is 0 Å². The molecule has 0 radical (unpaired) electrons. The Labute approximate surface area is 120 Å². The predicted octanol–water partition coefficient (Wildman–Crippen LogP) is 0.921. The number of amides is 1. The molecule has 0 unspecified atom stereocenters. The van der Waals surface area contributed by atoms with Gasteiger partial charge in [0.25, 0.3) is 5.91 Å². The number of carbonyl (C=O) groups is 1. The molecule has 3 atom stereocenters. The average Bonchev–Trinajstić information content (AvgIpc) is 2.90. The molecule has 5 nitrogen and oxygen atoms in total. The third-order valence-corrected chi connectivity index (χ3v) is 4.67. The van der Waals surface area contributed by atoms with Gasteiger partial charge in [0, 0.05) is 26.2 Å². The lowest BCUT2D eigenvalue weighted by Gasteiger charge is -2.36. The molecule has 3 aliphatic rings. The summed E-state index contributed by atoms with van der Waals surface area (Å²) >= 11 is 0. The second-order valence-corrected chi connectivity index (χ2v) is 6.06. The van der Waals surface area contributed by atoms with Gasteiger partial charge < -0.3 is 4.74 Å². The number of carbonyl (C=O) groups excluding carboxylic acids is 1. The smallest absolute Gasteiger partial charge is 0.251 e. The molecular formula is C15H24N2O3. The molecule has 0 aromatic carbocycles. The quantitative estimate of drug-likeness (QED) is 0.721. The number of rotatable bonds is 3. The average molecular weight is 280 g/mol. The van der Waals surface area contributed by atoms with Gasteiger partial charge in [0.2, 0.25) is 0 Å². The fourth-order valence-electron chi connectivity index (χ4n) is 3.63. The van der Waals surface area contributed by atoms with E-state index in [0.29, 0.717) is 25.0 Å². The summed E-state index contributed by atoms with van der Waals surface area (Å²) in [5.74, 6) is 0.964. The first kappa shape index (κ1) is 14.0. The molecule has 3 saturated heterocycles. The van der Waals surface area contributed by atoms with Gasteiger partial charge in [-0.05, 0) is 24.7 Å². The highest BCUT2D eigenvalue weighted by Gasteiger charge is 2.45. The van der Waals surface area contributed by atoms with Crippen LogP contribution in [0.3, 0.4) is 0 Å². The zero-order valence-electron chi connectivity index (χ0n) is 12.0. The van der Waals surface area contributed by atoms with Crippen LogP contribution >= 0.6 is 0 Å². The topological polar surface area (TPSA) is 42.0 Å². The van der Waals surface area contributed by atoms with Crippen LogP contribution in [0.2, 0.25) is 0 Å². The number of nitrogens with zero attached hydrogens (tertiary/aromatic N) is 2. The molecule has 3 heterocycles. The maximum absolute atomic E-state index is 12.6. The van der Waals surface area contributed by atoms with Gasteiger partial charge in [-0.15, -0.1) is 6.58 Å². The summed E-state index contributed by atoms with van der Waals surface area (Å²) in [4.78, 5) is 20.5. The Morgan fingerprint density at radius 3 is 2.95 bits per heavy atom. The SMILES string of the molecule is C=CCN1C[C@H]2COC[C@H](C(=O)N3CCCCO3)[C@H]2C1. The molecule has 0 N–H and O–H groups in total. The molecule has 0 aliphatic carbocycles. The molecule has 1 amide bonds. The largest absolute Gasteiger partial charge is 0.380 e. The van der Waals surface area contributed by atoms with Crippen LogP contribution in [0.25, 0.3) is 0 Å². The third-order valence-electron chi connectivity index (χ3n) is 4.67. The summed E-state index contributed by atoms with van der Waals surface area (Å²) in [5, 5.41) is 1.58. The van der Waals surface area contributed by atoms with Gasteiger partial charge in [0.15, 0.2) is 0 Å². The molecule has 3 fully saturated rings. The summed E-state index contributed by atoms with van der Waals surface area (Å²) in [5.41, 5.74) is 0. The molecule has 112 valence electrons. The lowest BCUT2D eigenvalue weighted by molar-refractivity contribution is -0.207. The molecule has 0 saturated carbocycles. The first-order chi connectivity index (χ1) is 9.79. The lowest BCUT2D eigenvalue weighted by atomic mass is 9.82. The van der Waals surface area contributed by atoms with Crippen LogP contribution in [0.1, 0.15) is 12.8 Å². The van der Waals surface area contributed by atoms with Crippen LogP contribution in [-0.4, -0.2) is 61.9 Å². The Morgan fingerprint density at radius 2 is 2.20 bits per heavy atom. The molecule has 0 aromatic rings. The van der Waals surface area contributed by atoms with E-state index in [1.165, 1.54) is 0 Å². The van der Waals surface area contributed by atoms with Gasteiger partial charge in [0.05, 0.1) is 25.7 Å². The molecule has 0 bridgehead atoms. The summed E-state index contributed by atoms with van der Waals surface area (Å²) in [6.45, 7) is 9.40. The van der Waals surface area contributed by atoms with Crippen LogP contribution in [-0.2, 0) is 14.4 Å². The monoisotopic (exact) mass is 280 g/mol. The predicted molar refractivity (Wildman–Crippen MR) is 74.8 cm³/mol. The normalized spacial score (nSPS) is 34.8. The number of ether oxygens (including phenoxy) is 1. The van der Waals surface area contributed by atoms with Crippen molar-refractivity contribution >= 4 is 5.91 Å². The van der Waals surface area contributed by atoms with Crippen LogP contribution in [0, 0.1) is 17.8 Å². The van der Waals surface area contributed by atoms with E-state index in [-0.39, 0.29) is 11.8 Å². The highest BCUT2D eigenvalue weighted by Crippen LogP contribution is 2.35. The van der Waals surface area contributed by atoms with Crippen molar-refractivity contribution < 1.29 is 14.4 Å². The second kappa shape index (κ2) is 6.24. The van der Waals surface area contributed by atoms with Crippen molar-refractivity contribution in [2.24, 2.45) is 17.8 Å². The highest BCUT2D eigenvalue weighted by atomic mass is 16.7. The molecule has 3 rings (SSSR count). The first-order valence-electron chi connectivity index (χ1n) is 7.65. The zero-order chi connectivity index (χ0) is 13.9. The minimum absolute atomic E-state index is 0.0401. The lowest BCUT2D eigenvalue weighted by Crippen LogP contribution is -2.47. The minimum atomic E-state index is -0.0401. The van der Waals surface area contributed by atoms with Crippen molar-refractivity contribution in [2.75, 3.05) is 46.0 Å². The minimum Gasteiger partial charge on any atom is -0.380 e. The molecule has 20 heavy (non-hydrogen) atoms. The van der Waals surface area contributed by atoms with Crippen LogP contribution in [0.15, 0.2) is 12.7 Å². The van der Waals surface area contributed by atoms with E-state index in [1.807, 2.05) is 6.08 Å². The standard InChI is InChI=1S/C15H24N2O3/c1-2-5-16-8-12-10-19-11-14(13(12)9-16)15(18)17-6-3-4-7-20-17/h2,12-14H,1,3-11H2/t12-,13-,14-/m0/s1. The Bertz CT molecular complexity index is 368. The van der Waals surface area contributed by atoms with Crippen LogP contribution in [0.4, 0.5) is 0 Å². The number of likely N-dealkylation sites (tertiary alicyclic amines) is 1. The molecular weight excluding hydrogens is 256 g/mol. The van der Waals surface area contributed by atoms with Crippen molar-refractivity contribution in [1.29, 1.82) is 0 Å². The van der Waals surface area contributed by atoms with Gasteiger partial charge >= 0.3 is 0 Å². The maximum Gasteiger partial charge on any atom is 0.251 e. The van der Waals surface area contributed by atoms with E-state index < -0.39 is 0 Å². The molecule has 0 aromatic heterocycles. The molecule has 0 spiro atoms.